The number of hydrogen-bond donors (Lipinski definition) is 0. The molecular formula is C21H20BBr3O4. The van der Waals surface area contributed by atoms with Crippen molar-refractivity contribution in [1.82, 2.24) is 0 Å². The SMILES string of the molecule is [B]c1cc(C(C)(C)c2cc(Br)c(OCC3CO3)c(Br)c2)cc(Br)c1OCC1CO1. The molecule has 2 fully saturated rings. The second-order valence-corrected chi connectivity index (χ2v) is 10.4. The highest BCUT2D eigenvalue weighted by atomic mass is 79.9. The normalized spacial score (nSPS) is 20.4. The third kappa shape index (κ3) is 5.04. The van der Waals surface area contributed by atoms with Gasteiger partial charge in [0.05, 0.1) is 26.6 Å². The summed E-state index contributed by atoms with van der Waals surface area (Å²) in [4.78, 5) is 0. The lowest BCUT2D eigenvalue weighted by molar-refractivity contribution is 0.260. The number of rotatable bonds is 8. The van der Waals surface area contributed by atoms with Gasteiger partial charge in [0.2, 0.25) is 0 Å². The second-order valence-electron chi connectivity index (χ2n) is 7.80. The van der Waals surface area contributed by atoms with Crippen LogP contribution in [0.2, 0.25) is 0 Å². The molecule has 29 heavy (non-hydrogen) atoms. The van der Waals surface area contributed by atoms with Crippen LogP contribution in [0.4, 0.5) is 0 Å². The van der Waals surface area contributed by atoms with Crippen LogP contribution in [0.25, 0.3) is 0 Å². The molecule has 0 spiro atoms. The van der Waals surface area contributed by atoms with Crippen molar-refractivity contribution >= 4 is 61.1 Å². The number of hydrogen-bond acceptors (Lipinski definition) is 4. The summed E-state index contributed by atoms with van der Waals surface area (Å²) in [6.07, 6.45) is 0.386. The topological polar surface area (TPSA) is 43.5 Å². The zero-order valence-electron chi connectivity index (χ0n) is 16.1. The highest BCUT2D eigenvalue weighted by molar-refractivity contribution is 9.11. The third-order valence-electron chi connectivity index (χ3n) is 5.15. The minimum Gasteiger partial charge on any atom is -0.490 e. The molecule has 2 atom stereocenters. The fourth-order valence-corrected chi connectivity index (χ4v) is 5.04. The summed E-state index contributed by atoms with van der Waals surface area (Å²) < 4.78 is 24.8. The molecule has 0 saturated carbocycles. The largest absolute Gasteiger partial charge is 0.490 e. The summed E-state index contributed by atoms with van der Waals surface area (Å²) in [7, 11) is 6.32. The van der Waals surface area contributed by atoms with Crippen LogP contribution in [-0.2, 0) is 14.9 Å². The van der Waals surface area contributed by atoms with Crippen molar-refractivity contribution in [3.8, 4) is 11.5 Å². The zero-order chi connectivity index (χ0) is 20.8. The van der Waals surface area contributed by atoms with Crippen molar-refractivity contribution in [3.63, 3.8) is 0 Å². The lowest BCUT2D eigenvalue weighted by atomic mass is 9.76. The van der Waals surface area contributed by atoms with Gasteiger partial charge in [-0.15, -0.1) is 0 Å². The molecule has 0 amide bonds. The average molecular weight is 587 g/mol. The Kier molecular flexibility index (Phi) is 6.39. The number of halogens is 3. The highest BCUT2D eigenvalue weighted by Gasteiger charge is 2.29. The van der Waals surface area contributed by atoms with Gasteiger partial charge in [0.1, 0.15) is 44.8 Å². The molecule has 2 aromatic rings. The van der Waals surface area contributed by atoms with Crippen LogP contribution in [0.5, 0.6) is 11.5 Å². The molecule has 8 heteroatoms. The summed E-state index contributed by atoms with van der Waals surface area (Å²) in [6.45, 7) is 6.92. The number of epoxide rings is 2. The molecule has 2 radical (unpaired) electrons. The molecular weight excluding hydrogens is 567 g/mol. The van der Waals surface area contributed by atoms with Crippen LogP contribution >= 0.6 is 47.8 Å². The summed E-state index contributed by atoms with van der Waals surface area (Å²) in [5.74, 6) is 1.44. The quantitative estimate of drug-likeness (QED) is 0.334. The monoisotopic (exact) mass is 584 g/mol. The maximum absolute atomic E-state index is 6.32. The lowest BCUT2D eigenvalue weighted by Crippen LogP contribution is -2.23. The van der Waals surface area contributed by atoms with Gasteiger partial charge in [0, 0.05) is 5.41 Å². The summed E-state index contributed by atoms with van der Waals surface area (Å²) in [5, 5.41) is 0. The summed E-state index contributed by atoms with van der Waals surface area (Å²) in [5.41, 5.74) is 2.51. The number of benzene rings is 2. The Morgan fingerprint density at radius 1 is 0.862 bits per heavy atom. The van der Waals surface area contributed by atoms with E-state index in [1.54, 1.807) is 0 Å². The van der Waals surface area contributed by atoms with E-state index in [4.69, 9.17) is 26.8 Å². The minimum atomic E-state index is -0.294. The molecule has 152 valence electrons. The summed E-state index contributed by atoms with van der Waals surface area (Å²) >= 11 is 10.9. The Hall–Kier alpha value is -0.535. The van der Waals surface area contributed by atoms with Gasteiger partial charge in [-0.2, -0.15) is 0 Å². The van der Waals surface area contributed by atoms with E-state index in [1.165, 1.54) is 0 Å². The van der Waals surface area contributed by atoms with Crippen molar-refractivity contribution in [3.05, 3.63) is 48.8 Å². The van der Waals surface area contributed by atoms with Crippen LogP contribution in [0, 0.1) is 0 Å². The van der Waals surface area contributed by atoms with E-state index in [9.17, 15) is 0 Å². The molecule has 4 nitrogen and oxygen atoms in total. The molecule has 0 bridgehead atoms. The van der Waals surface area contributed by atoms with Crippen molar-refractivity contribution in [2.45, 2.75) is 31.5 Å². The van der Waals surface area contributed by atoms with Crippen molar-refractivity contribution in [2.24, 2.45) is 0 Å². The smallest absolute Gasteiger partial charge is 0.147 e. The van der Waals surface area contributed by atoms with Gasteiger partial charge in [0.15, 0.2) is 0 Å². The average Bonchev–Trinajstić information content (AvgIpc) is 3.54. The Balaban J connectivity index is 1.59. The molecule has 2 aromatic carbocycles. The Bertz CT molecular complexity index is 807. The maximum Gasteiger partial charge on any atom is 0.147 e. The first-order chi connectivity index (χ1) is 13.8. The summed E-state index contributed by atoms with van der Waals surface area (Å²) in [6, 6.07) is 8.22. The van der Waals surface area contributed by atoms with Crippen LogP contribution in [0.15, 0.2) is 37.7 Å². The van der Waals surface area contributed by atoms with E-state index in [0.717, 1.165) is 43.5 Å². The predicted octanol–water partition coefficient (Wildman–Crippen LogP) is 4.65. The van der Waals surface area contributed by atoms with Crippen molar-refractivity contribution in [2.75, 3.05) is 26.4 Å². The van der Waals surface area contributed by atoms with Crippen molar-refractivity contribution < 1.29 is 18.9 Å². The van der Waals surface area contributed by atoms with Gasteiger partial charge in [-0.3, -0.25) is 0 Å². The third-order valence-corrected chi connectivity index (χ3v) is 6.91. The fraction of sp³-hybridized carbons (Fsp3) is 0.429. The molecule has 0 aliphatic carbocycles. The Morgan fingerprint density at radius 2 is 1.28 bits per heavy atom. The van der Waals surface area contributed by atoms with E-state index >= 15 is 0 Å². The molecule has 2 unspecified atom stereocenters. The highest BCUT2D eigenvalue weighted by Crippen LogP contribution is 2.42. The zero-order valence-corrected chi connectivity index (χ0v) is 20.9. The minimum absolute atomic E-state index is 0.180. The first-order valence-corrected chi connectivity index (χ1v) is 11.7. The second kappa shape index (κ2) is 8.54. The van der Waals surface area contributed by atoms with Crippen LogP contribution < -0.4 is 14.9 Å². The van der Waals surface area contributed by atoms with E-state index in [-0.39, 0.29) is 17.6 Å². The van der Waals surface area contributed by atoms with Gasteiger partial charge in [-0.05, 0) is 77.1 Å². The van der Waals surface area contributed by atoms with Gasteiger partial charge in [0.25, 0.3) is 0 Å². The molecule has 0 N–H and O–H groups in total. The predicted molar refractivity (Wildman–Crippen MR) is 124 cm³/mol. The first-order valence-electron chi connectivity index (χ1n) is 9.33. The Morgan fingerprint density at radius 3 is 1.72 bits per heavy atom. The molecule has 0 aromatic heterocycles. The molecule has 2 saturated heterocycles. The molecule has 2 heterocycles. The van der Waals surface area contributed by atoms with E-state index in [2.05, 4.69) is 79.8 Å². The van der Waals surface area contributed by atoms with E-state index in [1.807, 2.05) is 6.07 Å². The molecule has 4 rings (SSSR count). The van der Waals surface area contributed by atoms with Crippen molar-refractivity contribution in [1.29, 1.82) is 0 Å². The van der Waals surface area contributed by atoms with Gasteiger partial charge < -0.3 is 18.9 Å². The number of ether oxygens (including phenoxy) is 4. The van der Waals surface area contributed by atoms with Crippen LogP contribution in [0.3, 0.4) is 0 Å². The van der Waals surface area contributed by atoms with E-state index in [0.29, 0.717) is 24.4 Å². The maximum atomic E-state index is 6.32. The van der Waals surface area contributed by atoms with Gasteiger partial charge >= 0.3 is 0 Å². The molecule has 2 aliphatic heterocycles. The van der Waals surface area contributed by atoms with Crippen LogP contribution in [0.1, 0.15) is 25.0 Å². The Labute approximate surface area is 197 Å². The van der Waals surface area contributed by atoms with Gasteiger partial charge in [-0.1, -0.05) is 25.4 Å². The fourth-order valence-electron chi connectivity index (χ4n) is 3.03. The standard InChI is InChI=1S/C21H20BBr3O4/c1-21(2,11-3-15(22)19(16(23)4-11)28-9-13-7-26-13)12-5-17(24)20(18(25)6-12)29-10-14-8-27-14/h3-6,13-14H,7-10H2,1-2H3. The lowest BCUT2D eigenvalue weighted by Gasteiger charge is -2.29. The van der Waals surface area contributed by atoms with Crippen LogP contribution in [-0.4, -0.2) is 46.5 Å². The van der Waals surface area contributed by atoms with Gasteiger partial charge in [-0.25, -0.2) is 0 Å². The molecule has 2 aliphatic rings. The first kappa shape index (κ1) is 21.7. The van der Waals surface area contributed by atoms with E-state index < -0.39 is 0 Å².